The number of ether oxygens (including phenoxy) is 1. The summed E-state index contributed by atoms with van der Waals surface area (Å²) in [5, 5.41) is 9.68. The van der Waals surface area contributed by atoms with Crippen molar-refractivity contribution < 1.29 is 9.53 Å². The van der Waals surface area contributed by atoms with Gasteiger partial charge in [0.1, 0.15) is 0 Å². The van der Waals surface area contributed by atoms with E-state index >= 15 is 0 Å². The summed E-state index contributed by atoms with van der Waals surface area (Å²) in [7, 11) is 1.45. The molecule has 0 aliphatic heterocycles. The lowest BCUT2D eigenvalue weighted by atomic mass is 9.33. The summed E-state index contributed by atoms with van der Waals surface area (Å²) in [6.45, 7) is 20.1. The Hall–Kier alpha value is -2.70. The van der Waals surface area contributed by atoms with Crippen molar-refractivity contribution in [2.24, 2.45) is 51.2 Å². The Bertz CT molecular complexity index is 1820. The van der Waals surface area contributed by atoms with Gasteiger partial charge in [-0.25, -0.2) is 9.78 Å². The maximum absolute atomic E-state index is 12.2. The number of allylic oxidation sites excluding steroid dienone is 3. The second kappa shape index (κ2) is 11.9. The van der Waals surface area contributed by atoms with E-state index in [2.05, 4.69) is 94.5 Å². The monoisotopic (exact) mass is 708 g/mol. The number of rotatable bonds is 6. The van der Waals surface area contributed by atoms with Gasteiger partial charge >= 0.3 is 5.97 Å². The van der Waals surface area contributed by atoms with Gasteiger partial charge in [0.05, 0.1) is 23.2 Å². The molecule has 8 rings (SSSR count). The van der Waals surface area contributed by atoms with E-state index in [1.165, 1.54) is 80.1 Å². The van der Waals surface area contributed by atoms with Crippen LogP contribution < -0.4 is 5.32 Å². The number of carbonyl (C=O) groups excluding carboxylic acids is 1. The van der Waals surface area contributed by atoms with Crippen LogP contribution in [-0.4, -0.2) is 23.6 Å². The van der Waals surface area contributed by atoms with Gasteiger partial charge in [0.25, 0.3) is 0 Å². The number of hydrogen-bond donors (Lipinski definition) is 1. The number of thiazole rings is 1. The Morgan fingerprint density at radius 3 is 2.40 bits per heavy atom. The molecule has 3 unspecified atom stereocenters. The van der Waals surface area contributed by atoms with Crippen LogP contribution in [0.3, 0.4) is 0 Å². The molecule has 266 valence electrons. The lowest BCUT2D eigenvalue weighted by molar-refractivity contribution is -0.216. The summed E-state index contributed by atoms with van der Waals surface area (Å²) in [6, 6.07) is 12.4. The highest BCUT2D eigenvalue weighted by Gasteiger charge is 2.70. The van der Waals surface area contributed by atoms with Crippen LogP contribution >= 0.6 is 22.7 Å². The van der Waals surface area contributed by atoms with E-state index in [4.69, 9.17) is 9.72 Å². The molecule has 0 saturated heterocycles. The van der Waals surface area contributed by atoms with Gasteiger partial charge in [-0.1, -0.05) is 71.0 Å². The number of nitrogens with zero attached hydrogens (tertiary/aromatic N) is 1. The van der Waals surface area contributed by atoms with E-state index in [9.17, 15) is 4.79 Å². The van der Waals surface area contributed by atoms with Crippen molar-refractivity contribution in [2.45, 2.75) is 105 Å². The van der Waals surface area contributed by atoms with Gasteiger partial charge in [-0.2, -0.15) is 0 Å². The van der Waals surface area contributed by atoms with Gasteiger partial charge in [0.15, 0.2) is 5.13 Å². The first-order valence-corrected chi connectivity index (χ1v) is 20.9. The summed E-state index contributed by atoms with van der Waals surface area (Å²) in [5.74, 6) is 2.90. The minimum Gasteiger partial charge on any atom is -0.465 e. The molecule has 4 fully saturated rings. The molecule has 2 heterocycles. The predicted molar refractivity (Wildman–Crippen MR) is 209 cm³/mol. The van der Waals surface area contributed by atoms with Crippen molar-refractivity contribution in [3.8, 4) is 10.6 Å². The second-order valence-electron chi connectivity index (χ2n) is 18.1. The third-order valence-corrected chi connectivity index (χ3v) is 17.5. The van der Waals surface area contributed by atoms with Crippen LogP contribution in [-0.2, 0) is 4.74 Å². The van der Waals surface area contributed by atoms with E-state index in [1.54, 1.807) is 22.7 Å². The van der Waals surface area contributed by atoms with Gasteiger partial charge in [0, 0.05) is 10.9 Å². The average Bonchev–Trinajstić information content (AvgIpc) is 3.86. The molecule has 9 atom stereocenters. The normalized spacial score (nSPS) is 38.5. The van der Waals surface area contributed by atoms with E-state index < -0.39 is 0 Å². The molecule has 0 spiro atoms. The first-order chi connectivity index (χ1) is 23.8. The molecule has 5 aliphatic rings. The predicted octanol–water partition coefficient (Wildman–Crippen LogP) is 12.2. The number of carbonyl (C=O) groups is 1. The van der Waals surface area contributed by atoms with Gasteiger partial charge in [-0.3, -0.25) is 0 Å². The topological polar surface area (TPSA) is 51.2 Å². The average molecular weight is 709 g/mol. The van der Waals surface area contributed by atoms with E-state index in [0.717, 1.165) is 17.2 Å². The lowest BCUT2D eigenvalue weighted by Gasteiger charge is -2.72. The van der Waals surface area contributed by atoms with Crippen molar-refractivity contribution in [1.29, 1.82) is 0 Å². The highest BCUT2D eigenvalue weighted by atomic mass is 32.1. The number of hydrogen-bond acceptors (Lipinski definition) is 6. The number of anilines is 1. The van der Waals surface area contributed by atoms with Crippen LogP contribution in [0.15, 0.2) is 65.4 Å². The van der Waals surface area contributed by atoms with Crippen molar-refractivity contribution in [3.63, 3.8) is 0 Å². The maximum atomic E-state index is 12.2. The third kappa shape index (κ3) is 4.86. The summed E-state index contributed by atoms with van der Waals surface area (Å²) in [4.78, 5) is 18.6. The van der Waals surface area contributed by atoms with Crippen LogP contribution in [0.25, 0.3) is 16.1 Å². The molecule has 4 saturated carbocycles. The second-order valence-corrected chi connectivity index (χ2v) is 19.9. The zero-order valence-electron chi connectivity index (χ0n) is 31.2. The Balaban J connectivity index is 1.11. The number of thiophene rings is 1. The molecule has 1 aromatic carbocycles. The Morgan fingerprint density at radius 2 is 1.70 bits per heavy atom. The molecule has 6 heteroatoms. The molecule has 4 nitrogen and oxygen atoms in total. The first-order valence-electron chi connectivity index (χ1n) is 19.1. The Kier molecular flexibility index (Phi) is 8.19. The minimum absolute atomic E-state index is 0.0523. The lowest BCUT2D eigenvalue weighted by Crippen LogP contribution is -2.67. The molecule has 50 heavy (non-hydrogen) atoms. The maximum Gasteiger partial charge on any atom is 0.337 e. The van der Waals surface area contributed by atoms with Gasteiger partial charge in [-0.15, -0.1) is 22.7 Å². The van der Waals surface area contributed by atoms with Gasteiger partial charge < -0.3 is 10.1 Å². The molecule has 3 aromatic rings. The molecule has 5 aliphatic carbocycles. The fraction of sp³-hybridized carbons (Fsp3) is 0.591. The summed E-state index contributed by atoms with van der Waals surface area (Å²) in [6.07, 6.45) is 13.9. The van der Waals surface area contributed by atoms with E-state index in [0.29, 0.717) is 46.0 Å². The molecule has 1 N–H and O–H groups in total. The molecule has 2 aromatic heterocycles. The molecule has 0 amide bonds. The largest absolute Gasteiger partial charge is 0.465 e. The quantitative estimate of drug-likeness (QED) is 0.205. The zero-order valence-corrected chi connectivity index (χ0v) is 32.9. The number of benzene rings is 1. The number of nitrogens with one attached hydrogen (secondary N) is 1. The fourth-order valence-electron chi connectivity index (χ4n) is 13.4. The van der Waals surface area contributed by atoms with Crippen molar-refractivity contribution >= 4 is 39.3 Å². The molecular formula is C44H56N2O2S2. The zero-order chi connectivity index (χ0) is 35.3. The SMILES string of the molecule is C=C(C)[C@@H]1CC[C@]2(Nc3nc(-c4cccs4)cs3)CC[C@]3(C)[C@H](CCC4[C@@]5(C)CC=C(c6ccc(C(=O)OC)cc6)C(C)(C)C5CC[C@]43C)C12. The van der Waals surface area contributed by atoms with Gasteiger partial charge in [0.2, 0.25) is 0 Å². The molecular weight excluding hydrogens is 653 g/mol. The van der Waals surface area contributed by atoms with Crippen molar-refractivity contribution in [2.75, 3.05) is 12.4 Å². The van der Waals surface area contributed by atoms with Crippen LogP contribution in [0.4, 0.5) is 5.13 Å². The fourth-order valence-corrected chi connectivity index (χ4v) is 15.0. The van der Waals surface area contributed by atoms with E-state index in [1.807, 2.05) is 12.1 Å². The van der Waals surface area contributed by atoms with Crippen LogP contribution in [0.5, 0.6) is 0 Å². The highest BCUT2D eigenvalue weighted by molar-refractivity contribution is 7.16. The summed E-state index contributed by atoms with van der Waals surface area (Å²) >= 11 is 3.57. The molecule has 0 radical (unpaired) electrons. The number of esters is 1. The van der Waals surface area contributed by atoms with Crippen LogP contribution in [0, 0.1) is 51.2 Å². The first kappa shape index (κ1) is 34.4. The Labute approximate surface area is 308 Å². The summed E-state index contributed by atoms with van der Waals surface area (Å²) in [5.41, 5.74) is 6.81. The smallest absolute Gasteiger partial charge is 0.337 e. The van der Waals surface area contributed by atoms with E-state index in [-0.39, 0.29) is 22.3 Å². The third-order valence-electron chi connectivity index (χ3n) is 15.9. The van der Waals surface area contributed by atoms with Crippen LogP contribution in [0.1, 0.15) is 115 Å². The summed E-state index contributed by atoms with van der Waals surface area (Å²) < 4.78 is 4.97. The number of fused-ring (bicyclic) bond motifs is 7. The van der Waals surface area contributed by atoms with Gasteiger partial charge in [-0.05, 0) is 151 Å². The number of methoxy groups -OCH3 is 1. The minimum atomic E-state index is -0.272. The van der Waals surface area contributed by atoms with Crippen molar-refractivity contribution in [1.82, 2.24) is 4.98 Å². The van der Waals surface area contributed by atoms with Crippen molar-refractivity contribution in [3.05, 3.63) is 76.5 Å². The molecule has 0 bridgehead atoms. The number of aromatic nitrogens is 1. The van der Waals surface area contributed by atoms with Crippen LogP contribution in [0.2, 0.25) is 0 Å². The Morgan fingerprint density at radius 1 is 0.920 bits per heavy atom. The standard InChI is InChI=1S/C44H56N2O2S2/c1-27(2)30-17-22-44(46-39-45-33(26-50-39)34-10-9-25-49-34)24-23-42(6)32(37(30)44)15-16-36-41(5)20-18-31(28-11-13-29(14-12-28)38(47)48-8)40(3,4)35(41)19-21-43(36,42)7/h9-14,18,25-26,30,32,35-37H,1,15-17,19-24H2,2-8H3,(H,45,46)/t30-,32+,35?,36?,37?,41-,42+,43+,44-/m0/s1. The highest BCUT2D eigenvalue weighted by Crippen LogP contribution is 2.77.